The SMILES string of the molecule is COc1ccc(CCC(=O)N(C)C(C)c2cccc([N+](=O)[O-])c2)cc1Br. The summed E-state index contributed by atoms with van der Waals surface area (Å²) < 4.78 is 6.05. The third-order valence-corrected chi connectivity index (χ3v) is 5.00. The summed E-state index contributed by atoms with van der Waals surface area (Å²) in [5.41, 5.74) is 1.79. The Kier molecular flexibility index (Phi) is 6.74. The Morgan fingerprint density at radius 3 is 2.65 bits per heavy atom. The second kappa shape index (κ2) is 8.80. The van der Waals surface area contributed by atoms with Crippen LogP contribution in [0.1, 0.15) is 30.5 Å². The zero-order valence-electron chi connectivity index (χ0n) is 14.9. The van der Waals surface area contributed by atoms with E-state index < -0.39 is 4.92 Å². The number of non-ortho nitro benzene ring substituents is 1. The van der Waals surface area contributed by atoms with Gasteiger partial charge in [-0.1, -0.05) is 18.2 Å². The number of carbonyl (C=O) groups is 1. The Hall–Kier alpha value is -2.41. The number of nitrogens with zero attached hydrogens (tertiary/aromatic N) is 2. The number of aryl methyl sites for hydroxylation is 1. The number of benzene rings is 2. The fraction of sp³-hybridized carbons (Fsp3) is 0.316. The topological polar surface area (TPSA) is 72.7 Å². The molecule has 0 aliphatic rings. The van der Waals surface area contributed by atoms with Crippen molar-refractivity contribution in [3.05, 3.63) is 68.2 Å². The zero-order chi connectivity index (χ0) is 19.3. The van der Waals surface area contributed by atoms with E-state index in [-0.39, 0.29) is 17.6 Å². The van der Waals surface area contributed by atoms with Crippen LogP contribution in [0.3, 0.4) is 0 Å². The van der Waals surface area contributed by atoms with Crippen LogP contribution in [0.25, 0.3) is 0 Å². The van der Waals surface area contributed by atoms with Gasteiger partial charge in [0.25, 0.3) is 5.69 Å². The third-order valence-electron chi connectivity index (χ3n) is 4.38. The van der Waals surface area contributed by atoms with E-state index in [0.29, 0.717) is 12.8 Å². The Balaban J connectivity index is 2.01. The molecule has 1 amide bonds. The van der Waals surface area contributed by atoms with E-state index in [1.807, 2.05) is 25.1 Å². The molecule has 0 aliphatic carbocycles. The molecule has 0 N–H and O–H groups in total. The van der Waals surface area contributed by atoms with Crippen LogP contribution in [0, 0.1) is 10.1 Å². The minimum absolute atomic E-state index is 0.0176. The number of nitro benzene ring substituents is 1. The summed E-state index contributed by atoms with van der Waals surface area (Å²) in [5, 5.41) is 10.9. The quantitative estimate of drug-likeness (QED) is 0.487. The number of halogens is 1. The van der Waals surface area contributed by atoms with E-state index >= 15 is 0 Å². The van der Waals surface area contributed by atoms with E-state index in [0.717, 1.165) is 21.3 Å². The van der Waals surface area contributed by atoms with E-state index in [1.54, 1.807) is 31.2 Å². The Morgan fingerprint density at radius 2 is 2.04 bits per heavy atom. The average molecular weight is 421 g/mol. The van der Waals surface area contributed by atoms with Gasteiger partial charge < -0.3 is 9.64 Å². The minimum Gasteiger partial charge on any atom is -0.496 e. The number of methoxy groups -OCH3 is 1. The van der Waals surface area contributed by atoms with Crippen molar-refractivity contribution in [1.29, 1.82) is 0 Å². The molecule has 0 radical (unpaired) electrons. The maximum atomic E-state index is 12.5. The van der Waals surface area contributed by atoms with Crippen molar-refractivity contribution < 1.29 is 14.5 Å². The first-order chi connectivity index (χ1) is 12.3. The molecule has 0 spiro atoms. The summed E-state index contributed by atoms with van der Waals surface area (Å²) in [7, 11) is 3.32. The van der Waals surface area contributed by atoms with Crippen molar-refractivity contribution in [3.8, 4) is 5.75 Å². The van der Waals surface area contributed by atoms with Crippen molar-refractivity contribution in [2.45, 2.75) is 25.8 Å². The van der Waals surface area contributed by atoms with Gasteiger partial charge in [-0.2, -0.15) is 0 Å². The van der Waals surface area contributed by atoms with E-state index in [4.69, 9.17) is 4.74 Å². The lowest BCUT2D eigenvalue weighted by Crippen LogP contribution is -2.29. The highest BCUT2D eigenvalue weighted by atomic mass is 79.9. The zero-order valence-corrected chi connectivity index (χ0v) is 16.5. The molecule has 2 rings (SSSR count). The fourth-order valence-corrected chi connectivity index (χ4v) is 3.22. The van der Waals surface area contributed by atoms with Crippen LogP contribution in [0.4, 0.5) is 5.69 Å². The van der Waals surface area contributed by atoms with E-state index in [9.17, 15) is 14.9 Å². The normalized spacial score (nSPS) is 11.7. The van der Waals surface area contributed by atoms with Crippen molar-refractivity contribution in [2.24, 2.45) is 0 Å². The van der Waals surface area contributed by atoms with Gasteiger partial charge in [-0.25, -0.2) is 0 Å². The number of hydrogen-bond acceptors (Lipinski definition) is 4. The Morgan fingerprint density at radius 1 is 1.31 bits per heavy atom. The Labute approximate surface area is 161 Å². The number of rotatable bonds is 7. The van der Waals surface area contributed by atoms with Gasteiger partial charge in [-0.05, 0) is 52.5 Å². The van der Waals surface area contributed by atoms with Crippen LogP contribution < -0.4 is 4.74 Å². The van der Waals surface area contributed by atoms with Crippen LogP contribution in [-0.4, -0.2) is 29.9 Å². The van der Waals surface area contributed by atoms with Crippen LogP contribution in [0.2, 0.25) is 0 Å². The molecule has 7 heteroatoms. The predicted molar refractivity (Wildman–Crippen MR) is 103 cm³/mol. The molecule has 0 heterocycles. The average Bonchev–Trinajstić information content (AvgIpc) is 2.65. The van der Waals surface area contributed by atoms with Gasteiger partial charge in [-0.3, -0.25) is 14.9 Å². The lowest BCUT2D eigenvalue weighted by molar-refractivity contribution is -0.384. The lowest BCUT2D eigenvalue weighted by atomic mass is 10.0. The molecule has 0 saturated heterocycles. The first-order valence-electron chi connectivity index (χ1n) is 8.16. The molecule has 138 valence electrons. The van der Waals surface area contributed by atoms with Crippen LogP contribution >= 0.6 is 15.9 Å². The molecule has 0 aliphatic heterocycles. The molecule has 1 unspecified atom stereocenters. The smallest absolute Gasteiger partial charge is 0.269 e. The van der Waals surface area contributed by atoms with Gasteiger partial charge in [0.05, 0.1) is 22.5 Å². The molecule has 2 aromatic rings. The standard InChI is InChI=1S/C19H21BrN2O4/c1-13(15-5-4-6-16(12-15)22(24)25)21(2)19(23)10-8-14-7-9-18(26-3)17(20)11-14/h4-7,9,11-13H,8,10H2,1-3H3. The number of nitro groups is 1. The molecule has 26 heavy (non-hydrogen) atoms. The summed E-state index contributed by atoms with van der Waals surface area (Å²) in [6, 6.07) is 11.9. The molecule has 2 aromatic carbocycles. The summed E-state index contributed by atoms with van der Waals surface area (Å²) in [6.45, 7) is 1.86. The molecule has 0 aromatic heterocycles. The van der Waals surface area contributed by atoms with Crippen molar-refractivity contribution in [1.82, 2.24) is 4.90 Å². The first kappa shape index (κ1) is 19.9. The molecule has 0 bridgehead atoms. The molecule has 0 saturated carbocycles. The highest BCUT2D eigenvalue weighted by Gasteiger charge is 2.19. The van der Waals surface area contributed by atoms with Gasteiger partial charge in [0, 0.05) is 25.6 Å². The maximum Gasteiger partial charge on any atom is 0.269 e. The van der Waals surface area contributed by atoms with Crippen LogP contribution in [0.5, 0.6) is 5.75 Å². The summed E-state index contributed by atoms with van der Waals surface area (Å²) >= 11 is 3.44. The second-order valence-electron chi connectivity index (χ2n) is 6.00. The molecular formula is C19H21BrN2O4. The van der Waals surface area contributed by atoms with Crippen LogP contribution in [0.15, 0.2) is 46.9 Å². The van der Waals surface area contributed by atoms with Gasteiger partial charge in [-0.15, -0.1) is 0 Å². The maximum absolute atomic E-state index is 12.5. The lowest BCUT2D eigenvalue weighted by Gasteiger charge is -2.25. The van der Waals surface area contributed by atoms with Crippen molar-refractivity contribution in [2.75, 3.05) is 14.2 Å². The van der Waals surface area contributed by atoms with Crippen LogP contribution in [-0.2, 0) is 11.2 Å². The Bertz CT molecular complexity index is 810. The molecule has 0 fully saturated rings. The van der Waals surface area contributed by atoms with Gasteiger partial charge in [0.15, 0.2) is 0 Å². The summed E-state index contributed by atoms with van der Waals surface area (Å²) in [6.07, 6.45) is 0.960. The number of amides is 1. The number of ether oxygens (including phenoxy) is 1. The first-order valence-corrected chi connectivity index (χ1v) is 8.95. The molecule has 6 nitrogen and oxygen atoms in total. The summed E-state index contributed by atoms with van der Waals surface area (Å²) in [5.74, 6) is 0.729. The monoisotopic (exact) mass is 420 g/mol. The number of hydrogen-bond donors (Lipinski definition) is 0. The van der Waals surface area contributed by atoms with Crippen molar-refractivity contribution in [3.63, 3.8) is 0 Å². The van der Waals surface area contributed by atoms with Gasteiger partial charge >= 0.3 is 0 Å². The van der Waals surface area contributed by atoms with Crippen molar-refractivity contribution >= 4 is 27.5 Å². The fourth-order valence-electron chi connectivity index (χ4n) is 2.63. The van der Waals surface area contributed by atoms with Gasteiger partial charge in [0.1, 0.15) is 5.75 Å². The molecular weight excluding hydrogens is 400 g/mol. The largest absolute Gasteiger partial charge is 0.496 e. The van der Waals surface area contributed by atoms with E-state index in [1.165, 1.54) is 12.1 Å². The summed E-state index contributed by atoms with van der Waals surface area (Å²) in [4.78, 5) is 24.6. The van der Waals surface area contributed by atoms with Gasteiger partial charge in [0.2, 0.25) is 5.91 Å². The highest BCUT2D eigenvalue weighted by molar-refractivity contribution is 9.10. The van der Waals surface area contributed by atoms with E-state index in [2.05, 4.69) is 15.9 Å². The second-order valence-corrected chi connectivity index (χ2v) is 6.86. The third kappa shape index (κ3) is 4.82. The molecule has 1 atom stereocenters. The number of carbonyl (C=O) groups excluding carboxylic acids is 1. The predicted octanol–water partition coefficient (Wildman–Crippen LogP) is 4.52. The minimum atomic E-state index is -0.431. The highest BCUT2D eigenvalue weighted by Crippen LogP contribution is 2.27.